The van der Waals surface area contributed by atoms with Crippen LogP contribution in [0.5, 0.6) is 0 Å². The first-order chi connectivity index (χ1) is 9.94. The SMILES string of the molecule is CCNC(C)(CC(C)N(C)C1CCOCC1)C(=O)OCC. The van der Waals surface area contributed by atoms with Gasteiger partial charge in [0.25, 0.3) is 0 Å². The maximum Gasteiger partial charge on any atom is 0.326 e. The number of nitrogens with one attached hydrogen (secondary N) is 1. The molecule has 0 saturated carbocycles. The number of esters is 1. The number of carbonyl (C=O) groups excluding carboxylic acids is 1. The van der Waals surface area contributed by atoms with Crippen LogP contribution in [0.4, 0.5) is 0 Å². The van der Waals surface area contributed by atoms with Gasteiger partial charge in [-0.2, -0.15) is 0 Å². The molecule has 0 amide bonds. The van der Waals surface area contributed by atoms with E-state index in [0.29, 0.717) is 18.7 Å². The number of nitrogens with zero attached hydrogens (tertiary/aromatic N) is 1. The van der Waals surface area contributed by atoms with E-state index in [2.05, 4.69) is 24.2 Å². The highest BCUT2D eigenvalue weighted by Gasteiger charge is 2.37. The predicted octanol–water partition coefficient (Wildman–Crippen LogP) is 1.81. The Bertz CT molecular complexity index is 319. The summed E-state index contributed by atoms with van der Waals surface area (Å²) < 4.78 is 10.7. The summed E-state index contributed by atoms with van der Waals surface area (Å²) in [5.74, 6) is -0.154. The minimum absolute atomic E-state index is 0.154. The average Bonchev–Trinajstić information content (AvgIpc) is 2.47. The summed E-state index contributed by atoms with van der Waals surface area (Å²) >= 11 is 0. The average molecular weight is 300 g/mol. The molecule has 1 aliphatic heterocycles. The van der Waals surface area contributed by atoms with Crippen LogP contribution in [-0.2, 0) is 14.3 Å². The van der Waals surface area contributed by atoms with E-state index in [0.717, 1.165) is 39.0 Å². The van der Waals surface area contributed by atoms with E-state index < -0.39 is 5.54 Å². The van der Waals surface area contributed by atoms with Crippen LogP contribution < -0.4 is 5.32 Å². The largest absolute Gasteiger partial charge is 0.465 e. The smallest absolute Gasteiger partial charge is 0.326 e. The number of likely N-dealkylation sites (N-methyl/N-ethyl adjacent to an activating group) is 1. The molecule has 2 unspecified atom stereocenters. The third-order valence-corrected chi connectivity index (χ3v) is 4.46. The molecule has 1 aliphatic rings. The molecule has 0 spiro atoms. The van der Waals surface area contributed by atoms with Crippen LogP contribution in [0.3, 0.4) is 0 Å². The lowest BCUT2D eigenvalue weighted by Crippen LogP contribution is -2.55. The lowest BCUT2D eigenvalue weighted by atomic mass is 9.91. The summed E-state index contributed by atoms with van der Waals surface area (Å²) in [5.41, 5.74) is -0.621. The van der Waals surface area contributed by atoms with Gasteiger partial charge in [0.15, 0.2) is 0 Å². The van der Waals surface area contributed by atoms with Gasteiger partial charge in [0, 0.05) is 25.3 Å². The van der Waals surface area contributed by atoms with E-state index in [-0.39, 0.29) is 5.97 Å². The molecule has 1 saturated heterocycles. The van der Waals surface area contributed by atoms with Crippen LogP contribution in [-0.4, -0.2) is 61.9 Å². The summed E-state index contributed by atoms with van der Waals surface area (Å²) in [6.45, 7) is 10.8. The summed E-state index contributed by atoms with van der Waals surface area (Å²) in [4.78, 5) is 14.7. The Morgan fingerprint density at radius 1 is 1.43 bits per heavy atom. The zero-order valence-corrected chi connectivity index (χ0v) is 14.3. The lowest BCUT2D eigenvalue weighted by Gasteiger charge is -2.39. The molecular weight excluding hydrogens is 268 g/mol. The minimum atomic E-state index is -0.621. The van der Waals surface area contributed by atoms with Crippen molar-refractivity contribution < 1.29 is 14.3 Å². The predicted molar refractivity (Wildman–Crippen MR) is 84.4 cm³/mol. The minimum Gasteiger partial charge on any atom is -0.465 e. The zero-order chi connectivity index (χ0) is 15.9. The molecule has 0 aromatic carbocycles. The van der Waals surface area contributed by atoms with E-state index in [1.807, 2.05) is 20.8 Å². The molecule has 0 bridgehead atoms. The summed E-state index contributed by atoms with van der Waals surface area (Å²) in [5, 5.41) is 3.31. The van der Waals surface area contributed by atoms with Gasteiger partial charge in [-0.05, 0) is 53.6 Å². The molecular formula is C16H32N2O3. The van der Waals surface area contributed by atoms with Crippen LogP contribution in [0.2, 0.25) is 0 Å². The maximum absolute atomic E-state index is 12.3. The van der Waals surface area contributed by atoms with Gasteiger partial charge < -0.3 is 19.7 Å². The van der Waals surface area contributed by atoms with Gasteiger partial charge in [0.1, 0.15) is 5.54 Å². The molecule has 1 N–H and O–H groups in total. The molecule has 5 heteroatoms. The molecule has 5 nitrogen and oxygen atoms in total. The van der Waals surface area contributed by atoms with Crippen molar-refractivity contribution >= 4 is 5.97 Å². The van der Waals surface area contributed by atoms with Gasteiger partial charge in [0.05, 0.1) is 6.61 Å². The number of carbonyl (C=O) groups is 1. The zero-order valence-electron chi connectivity index (χ0n) is 14.3. The Morgan fingerprint density at radius 3 is 2.57 bits per heavy atom. The number of rotatable bonds is 8. The molecule has 1 fully saturated rings. The van der Waals surface area contributed by atoms with Gasteiger partial charge in [-0.3, -0.25) is 4.79 Å². The molecule has 21 heavy (non-hydrogen) atoms. The second-order valence-electron chi connectivity index (χ2n) is 6.15. The van der Waals surface area contributed by atoms with Crippen molar-refractivity contribution in [2.75, 3.05) is 33.4 Å². The van der Waals surface area contributed by atoms with E-state index >= 15 is 0 Å². The number of hydrogen-bond donors (Lipinski definition) is 1. The van der Waals surface area contributed by atoms with Crippen molar-refractivity contribution in [3.63, 3.8) is 0 Å². The second kappa shape index (κ2) is 8.71. The van der Waals surface area contributed by atoms with Gasteiger partial charge >= 0.3 is 5.97 Å². The normalized spacial score (nSPS) is 21.0. The van der Waals surface area contributed by atoms with E-state index in [1.165, 1.54) is 0 Å². The van der Waals surface area contributed by atoms with E-state index in [4.69, 9.17) is 9.47 Å². The fourth-order valence-corrected chi connectivity index (χ4v) is 3.10. The first kappa shape index (κ1) is 18.4. The van der Waals surface area contributed by atoms with Crippen LogP contribution in [0, 0.1) is 0 Å². The van der Waals surface area contributed by atoms with E-state index in [1.54, 1.807) is 0 Å². The second-order valence-corrected chi connectivity index (χ2v) is 6.15. The highest BCUT2D eigenvalue weighted by Crippen LogP contribution is 2.22. The molecule has 1 rings (SSSR count). The highest BCUT2D eigenvalue weighted by atomic mass is 16.5. The van der Waals surface area contributed by atoms with Crippen molar-refractivity contribution in [3.8, 4) is 0 Å². The Labute approximate surface area is 129 Å². The van der Waals surface area contributed by atoms with Crippen molar-refractivity contribution in [2.24, 2.45) is 0 Å². The molecule has 124 valence electrons. The highest BCUT2D eigenvalue weighted by molar-refractivity contribution is 5.80. The summed E-state index contributed by atoms with van der Waals surface area (Å²) in [6, 6.07) is 0.850. The standard InChI is InChI=1S/C16H32N2O3/c1-6-17-16(4,15(19)21-7-2)12-13(3)18(5)14-8-10-20-11-9-14/h13-14,17H,6-12H2,1-5H3. The Hall–Kier alpha value is -0.650. The molecule has 0 aromatic heterocycles. The first-order valence-corrected chi connectivity index (χ1v) is 8.16. The van der Waals surface area contributed by atoms with Gasteiger partial charge in [-0.1, -0.05) is 6.92 Å². The molecule has 0 aromatic rings. The maximum atomic E-state index is 12.3. The fraction of sp³-hybridized carbons (Fsp3) is 0.938. The van der Waals surface area contributed by atoms with Gasteiger partial charge in [-0.15, -0.1) is 0 Å². The third-order valence-electron chi connectivity index (χ3n) is 4.46. The van der Waals surface area contributed by atoms with Crippen LogP contribution in [0.25, 0.3) is 0 Å². The topological polar surface area (TPSA) is 50.8 Å². The quantitative estimate of drug-likeness (QED) is 0.693. The molecule has 1 heterocycles. The molecule has 0 radical (unpaired) electrons. The third kappa shape index (κ3) is 5.24. The lowest BCUT2D eigenvalue weighted by molar-refractivity contribution is -0.151. The van der Waals surface area contributed by atoms with Crippen molar-refractivity contribution in [3.05, 3.63) is 0 Å². The van der Waals surface area contributed by atoms with Crippen molar-refractivity contribution in [2.45, 2.75) is 64.6 Å². The first-order valence-electron chi connectivity index (χ1n) is 8.16. The number of ether oxygens (including phenoxy) is 2. The monoisotopic (exact) mass is 300 g/mol. The summed E-state index contributed by atoms with van der Waals surface area (Å²) in [7, 11) is 2.15. The summed E-state index contributed by atoms with van der Waals surface area (Å²) in [6.07, 6.45) is 2.88. The Kier molecular flexibility index (Phi) is 7.63. The van der Waals surface area contributed by atoms with Crippen LogP contribution in [0.15, 0.2) is 0 Å². The number of hydrogen-bond acceptors (Lipinski definition) is 5. The van der Waals surface area contributed by atoms with Crippen molar-refractivity contribution in [1.82, 2.24) is 10.2 Å². The van der Waals surface area contributed by atoms with Gasteiger partial charge in [0.2, 0.25) is 0 Å². The van der Waals surface area contributed by atoms with Gasteiger partial charge in [-0.25, -0.2) is 0 Å². The van der Waals surface area contributed by atoms with Crippen LogP contribution >= 0.6 is 0 Å². The Morgan fingerprint density at radius 2 is 2.05 bits per heavy atom. The fourth-order valence-electron chi connectivity index (χ4n) is 3.10. The van der Waals surface area contributed by atoms with Crippen molar-refractivity contribution in [1.29, 1.82) is 0 Å². The molecule has 2 atom stereocenters. The molecule has 0 aliphatic carbocycles. The van der Waals surface area contributed by atoms with E-state index in [9.17, 15) is 4.79 Å². The van der Waals surface area contributed by atoms with Crippen LogP contribution in [0.1, 0.15) is 47.0 Å². The Balaban J connectivity index is 2.65.